The SMILES string of the molecule is CCCNC(=O)[C@@H]1[C@H]2C(=O)N([C@@H](CC)CO)C(C(=O)NC3CCCCC3)C23CC[C@@]1(C)O3. The van der Waals surface area contributed by atoms with Crippen molar-refractivity contribution in [2.24, 2.45) is 11.8 Å². The van der Waals surface area contributed by atoms with E-state index in [4.69, 9.17) is 4.74 Å². The van der Waals surface area contributed by atoms with Crippen molar-refractivity contribution in [2.75, 3.05) is 13.2 Å². The molecule has 3 heterocycles. The smallest absolute Gasteiger partial charge is 0.246 e. The molecule has 0 radical (unpaired) electrons. The summed E-state index contributed by atoms with van der Waals surface area (Å²) in [5.41, 5.74) is -1.77. The van der Waals surface area contributed by atoms with Gasteiger partial charge < -0.3 is 25.4 Å². The van der Waals surface area contributed by atoms with E-state index in [1.54, 1.807) is 4.90 Å². The number of carbonyl (C=O) groups is 3. The summed E-state index contributed by atoms with van der Waals surface area (Å²) < 4.78 is 6.58. The number of hydrogen-bond donors (Lipinski definition) is 3. The fourth-order valence-corrected chi connectivity index (χ4v) is 6.76. The molecule has 1 spiro atoms. The number of rotatable bonds is 8. The summed E-state index contributed by atoms with van der Waals surface area (Å²) in [7, 11) is 0. The first-order chi connectivity index (χ1) is 15.3. The first-order valence-corrected chi connectivity index (χ1v) is 12.5. The monoisotopic (exact) mass is 449 g/mol. The van der Waals surface area contributed by atoms with Gasteiger partial charge in [0.05, 0.1) is 30.1 Å². The van der Waals surface area contributed by atoms with Crippen molar-refractivity contribution in [1.82, 2.24) is 15.5 Å². The molecule has 0 aromatic rings. The van der Waals surface area contributed by atoms with E-state index in [2.05, 4.69) is 10.6 Å². The summed E-state index contributed by atoms with van der Waals surface area (Å²) in [5.74, 6) is -1.91. The van der Waals surface area contributed by atoms with Crippen LogP contribution in [0.15, 0.2) is 0 Å². The summed E-state index contributed by atoms with van der Waals surface area (Å²) in [5, 5.41) is 16.2. The number of nitrogens with one attached hydrogen (secondary N) is 2. The van der Waals surface area contributed by atoms with Gasteiger partial charge in [-0.1, -0.05) is 33.1 Å². The molecule has 6 atom stereocenters. The number of aliphatic hydroxyl groups is 1. The fraction of sp³-hybridized carbons (Fsp3) is 0.875. The molecular weight excluding hydrogens is 410 g/mol. The van der Waals surface area contributed by atoms with Gasteiger partial charge in [0, 0.05) is 12.6 Å². The zero-order chi connectivity index (χ0) is 23.1. The van der Waals surface area contributed by atoms with Gasteiger partial charge >= 0.3 is 0 Å². The second-order valence-corrected chi connectivity index (χ2v) is 10.4. The van der Waals surface area contributed by atoms with Crippen LogP contribution >= 0.6 is 0 Å². The Kier molecular flexibility index (Phi) is 6.56. The van der Waals surface area contributed by atoms with Crippen LogP contribution in [-0.2, 0) is 19.1 Å². The lowest BCUT2D eigenvalue weighted by Gasteiger charge is -2.37. The lowest BCUT2D eigenvalue weighted by atomic mass is 9.66. The van der Waals surface area contributed by atoms with E-state index in [0.717, 1.165) is 32.1 Å². The molecular formula is C24H39N3O5. The third-order valence-electron chi connectivity index (χ3n) is 8.32. The summed E-state index contributed by atoms with van der Waals surface area (Å²) in [6, 6.07) is -1.18. The number of aliphatic hydroxyl groups excluding tert-OH is 1. The number of likely N-dealkylation sites (tertiary alicyclic amines) is 1. The Morgan fingerprint density at radius 1 is 1.19 bits per heavy atom. The lowest BCUT2D eigenvalue weighted by Crippen LogP contribution is -2.59. The van der Waals surface area contributed by atoms with Crippen molar-refractivity contribution < 1.29 is 24.2 Å². The van der Waals surface area contributed by atoms with E-state index >= 15 is 0 Å². The van der Waals surface area contributed by atoms with Crippen LogP contribution in [0.25, 0.3) is 0 Å². The maximum Gasteiger partial charge on any atom is 0.246 e. The normalized spacial score (nSPS) is 37.4. The number of carbonyl (C=O) groups excluding carboxylic acids is 3. The molecule has 3 amide bonds. The van der Waals surface area contributed by atoms with Gasteiger partial charge in [-0.25, -0.2) is 0 Å². The summed E-state index contributed by atoms with van der Waals surface area (Å²) >= 11 is 0. The summed E-state index contributed by atoms with van der Waals surface area (Å²) in [6.07, 6.45) is 7.80. The molecule has 4 fully saturated rings. The molecule has 3 N–H and O–H groups in total. The van der Waals surface area contributed by atoms with Crippen LogP contribution in [-0.4, -0.2) is 70.2 Å². The Hall–Kier alpha value is -1.67. The minimum Gasteiger partial charge on any atom is -0.394 e. The Labute approximate surface area is 190 Å². The molecule has 32 heavy (non-hydrogen) atoms. The van der Waals surface area contributed by atoms with Crippen LogP contribution in [0.5, 0.6) is 0 Å². The molecule has 3 aliphatic heterocycles. The molecule has 2 bridgehead atoms. The topological polar surface area (TPSA) is 108 Å². The molecule has 4 rings (SSSR count). The zero-order valence-corrected chi connectivity index (χ0v) is 19.7. The largest absolute Gasteiger partial charge is 0.394 e. The molecule has 4 aliphatic rings. The Morgan fingerprint density at radius 2 is 1.91 bits per heavy atom. The van der Waals surface area contributed by atoms with E-state index in [-0.39, 0.29) is 30.4 Å². The number of ether oxygens (including phenoxy) is 1. The van der Waals surface area contributed by atoms with Crippen LogP contribution in [0.2, 0.25) is 0 Å². The van der Waals surface area contributed by atoms with Crippen LogP contribution < -0.4 is 10.6 Å². The maximum atomic E-state index is 13.8. The van der Waals surface area contributed by atoms with E-state index in [0.29, 0.717) is 25.8 Å². The van der Waals surface area contributed by atoms with Crippen molar-refractivity contribution in [1.29, 1.82) is 0 Å². The first kappa shape index (κ1) is 23.5. The second kappa shape index (κ2) is 8.93. The van der Waals surface area contributed by atoms with Crippen LogP contribution in [0.1, 0.15) is 78.6 Å². The third kappa shape index (κ3) is 3.54. The molecule has 180 valence electrons. The van der Waals surface area contributed by atoms with Crippen molar-refractivity contribution in [3.63, 3.8) is 0 Å². The van der Waals surface area contributed by atoms with Crippen molar-refractivity contribution in [3.05, 3.63) is 0 Å². The highest BCUT2D eigenvalue weighted by Gasteiger charge is 2.78. The first-order valence-electron chi connectivity index (χ1n) is 12.5. The van der Waals surface area contributed by atoms with Gasteiger partial charge in [0.1, 0.15) is 11.6 Å². The molecule has 0 aromatic heterocycles. The molecule has 3 saturated heterocycles. The van der Waals surface area contributed by atoms with Crippen molar-refractivity contribution in [2.45, 2.75) is 108 Å². The minimum absolute atomic E-state index is 0.107. The Bertz CT molecular complexity index is 750. The van der Waals surface area contributed by atoms with E-state index in [1.165, 1.54) is 6.42 Å². The third-order valence-corrected chi connectivity index (χ3v) is 8.32. The summed E-state index contributed by atoms with van der Waals surface area (Å²) in [4.78, 5) is 42.3. The van der Waals surface area contributed by atoms with Crippen molar-refractivity contribution >= 4 is 17.7 Å². The Morgan fingerprint density at radius 3 is 2.53 bits per heavy atom. The van der Waals surface area contributed by atoms with Gasteiger partial charge in [-0.2, -0.15) is 0 Å². The standard InChI is InChI=1S/C24H39N3O5/c1-4-13-25-20(29)17-18-22(31)27(16(5-2)14-28)19(24(18)12-11-23(17,3)32-24)21(30)26-15-9-7-6-8-10-15/h15-19,28H,4-14H2,1-3H3,(H,25,29)(H,26,30)/t16-,17-,18-,19?,23+,24?/m0/s1. The number of fused-ring (bicyclic) bond motifs is 1. The van der Waals surface area contributed by atoms with Gasteiger partial charge in [-0.05, 0) is 45.4 Å². The van der Waals surface area contributed by atoms with E-state index < -0.39 is 35.1 Å². The Balaban J connectivity index is 1.70. The predicted octanol–water partition coefficient (Wildman–Crippen LogP) is 1.50. The second-order valence-electron chi connectivity index (χ2n) is 10.4. The highest BCUT2D eigenvalue weighted by molar-refractivity contribution is 5.99. The number of hydrogen-bond acceptors (Lipinski definition) is 5. The minimum atomic E-state index is -1.01. The predicted molar refractivity (Wildman–Crippen MR) is 119 cm³/mol. The van der Waals surface area contributed by atoms with Gasteiger partial charge in [-0.15, -0.1) is 0 Å². The van der Waals surface area contributed by atoms with Crippen LogP contribution in [0.3, 0.4) is 0 Å². The summed E-state index contributed by atoms with van der Waals surface area (Å²) in [6.45, 7) is 6.13. The number of nitrogens with zero attached hydrogens (tertiary/aromatic N) is 1. The van der Waals surface area contributed by atoms with Gasteiger partial charge in [0.25, 0.3) is 0 Å². The van der Waals surface area contributed by atoms with E-state index in [1.807, 2.05) is 20.8 Å². The van der Waals surface area contributed by atoms with Gasteiger partial charge in [0.2, 0.25) is 17.7 Å². The lowest BCUT2D eigenvalue weighted by molar-refractivity contribution is -0.150. The average molecular weight is 450 g/mol. The van der Waals surface area contributed by atoms with E-state index in [9.17, 15) is 19.5 Å². The molecule has 1 aliphatic carbocycles. The molecule has 1 saturated carbocycles. The van der Waals surface area contributed by atoms with Gasteiger partial charge in [-0.3, -0.25) is 14.4 Å². The maximum absolute atomic E-state index is 13.8. The molecule has 0 aromatic carbocycles. The molecule has 2 unspecified atom stereocenters. The van der Waals surface area contributed by atoms with Crippen LogP contribution in [0.4, 0.5) is 0 Å². The highest BCUT2D eigenvalue weighted by Crippen LogP contribution is 2.63. The molecule has 8 nitrogen and oxygen atoms in total. The zero-order valence-electron chi connectivity index (χ0n) is 19.7. The average Bonchev–Trinajstić information content (AvgIpc) is 3.35. The van der Waals surface area contributed by atoms with Gasteiger partial charge in [0.15, 0.2) is 0 Å². The van der Waals surface area contributed by atoms with Crippen molar-refractivity contribution in [3.8, 4) is 0 Å². The fourth-order valence-electron chi connectivity index (χ4n) is 6.76. The highest BCUT2D eigenvalue weighted by atomic mass is 16.5. The molecule has 8 heteroatoms. The quantitative estimate of drug-likeness (QED) is 0.520. The number of amides is 3. The van der Waals surface area contributed by atoms with Crippen LogP contribution in [0, 0.1) is 11.8 Å².